The Hall–Kier alpha value is -0.870. The molecule has 3 nitrogen and oxygen atoms in total. The van der Waals surface area contributed by atoms with Crippen LogP contribution in [0.1, 0.15) is 20.3 Å². The number of hydrogen-bond acceptors (Lipinski definition) is 2. The van der Waals surface area contributed by atoms with Crippen LogP contribution in [0, 0.1) is 0 Å². The topological polar surface area (TPSA) is 32.3 Å². The van der Waals surface area contributed by atoms with Crippen molar-refractivity contribution in [3.63, 3.8) is 0 Å². The SMILES string of the molecule is CC1NCCC(C)N(c2cccc(Br)c2)C1=O. The van der Waals surface area contributed by atoms with Gasteiger partial charge in [-0.2, -0.15) is 0 Å². The molecule has 1 aliphatic heterocycles. The second kappa shape index (κ2) is 5.19. The van der Waals surface area contributed by atoms with Crippen LogP contribution in [0.15, 0.2) is 28.7 Å². The highest BCUT2D eigenvalue weighted by molar-refractivity contribution is 9.10. The smallest absolute Gasteiger partial charge is 0.244 e. The molecule has 0 radical (unpaired) electrons. The molecular formula is C13H17BrN2O. The van der Waals surface area contributed by atoms with Crippen LogP contribution in [0.4, 0.5) is 5.69 Å². The molecule has 17 heavy (non-hydrogen) atoms. The van der Waals surface area contributed by atoms with Crippen molar-refractivity contribution in [1.29, 1.82) is 0 Å². The van der Waals surface area contributed by atoms with E-state index in [1.54, 1.807) is 0 Å². The highest BCUT2D eigenvalue weighted by Crippen LogP contribution is 2.24. The Balaban J connectivity index is 2.36. The fraction of sp³-hybridized carbons (Fsp3) is 0.462. The first-order valence-electron chi connectivity index (χ1n) is 5.91. The lowest BCUT2D eigenvalue weighted by Crippen LogP contribution is -2.44. The van der Waals surface area contributed by atoms with Gasteiger partial charge in [0.05, 0.1) is 6.04 Å². The number of benzene rings is 1. The first kappa shape index (κ1) is 12.6. The fourth-order valence-corrected chi connectivity index (χ4v) is 2.55. The molecule has 2 atom stereocenters. The van der Waals surface area contributed by atoms with Gasteiger partial charge in [0.25, 0.3) is 0 Å². The van der Waals surface area contributed by atoms with E-state index in [1.165, 1.54) is 0 Å². The number of halogens is 1. The Morgan fingerprint density at radius 1 is 1.41 bits per heavy atom. The van der Waals surface area contributed by atoms with Gasteiger partial charge in [0.2, 0.25) is 5.91 Å². The van der Waals surface area contributed by atoms with Gasteiger partial charge in [0, 0.05) is 16.2 Å². The van der Waals surface area contributed by atoms with Crippen LogP contribution in [-0.2, 0) is 4.79 Å². The monoisotopic (exact) mass is 296 g/mol. The standard InChI is InChI=1S/C13H17BrN2O/c1-9-6-7-15-10(2)13(17)16(9)12-5-3-4-11(14)8-12/h3-5,8-10,15H,6-7H2,1-2H3. The van der Waals surface area contributed by atoms with Gasteiger partial charge in [-0.3, -0.25) is 4.79 Å². The van der Waals surface area contributed by atoms with E-state index in [1.807, 2.05) is 36.1 Å². The highest BCUT2D eigenvalue weighted by atomic mass is 79.9. The molecule has 0 bridgehead atoms. The Morgan fingerprint density at radius 2 is 2.18 bits per heavy atom. The molecule has 1 heterocycles. The zero-order valence-corrected chi connectivity index (χ0v) is 11.7. The lowest BCUT2D eigenvalue weighted by molar-refractivity contribution is -0.120. The van der Waals surface area contributed by atoms with Crippen LogP contribution in [0.3, 0.4) is 0 Å². The quantitative estimate of drug-likeness (QED) is 0.864. The van der Waals surface area contributed by atoms with Crippen LogP contribution < -0.4 is 10.2 Å². The van der Waals surface area contributed by atoms with E-state index < -0.39 is 0 Å². The van der Waals surface area contributed by atoms with Crippen molar-refractivity contribution in [2.75, 3.05) is 11.4 Å². The van der Waals surface area contributed by atoms with E-state index in [2.05, 4.69) is 28.2 Å². The predicted molar refractivity (Wildman–Crippen MR) is 73.2 cm³/mol. The summed E-state index contributed by atoms with van der Waals surface area (Å²) in [4.78, 5) is 14.2. The summed E-state index contributed by atoms with van der Waals surface area (Å²) in [7, 11) is 0. The largest absolute Gasteiger partial charge is 0.308 e. The summed E-state index contributed by atoms with van der Waals surface area (Å²) in [6.45, 7) is 4.91. The van der Waals surface area contributed by atoms with E-state index in [9.17, 15) is 4.79 Å². The zero-order valence-electron chi connectivity index (χ0n) is 10.1. The Labute approximate surface area is 110 Å². The average molecular weight is 297 g/mol. The van der Waals surface area contributed by atoms with Crippen LogP contribution in [0.2, 0.25) is 0 Å². The zero-order chi connectivity index (χ0) is 12.4. The lowest BCUT2D eigenvalue weighted by atomic mass is 10.1. The maximum atomic E-state index is 12.3. The van der Waals surface area contributed by atoms with Gasteiger partial charge < -0.3 is 10.2 Å². The summed E-state index contributed by atoms with van der Waals surface area (Å²) in [6.07, 6.45) is 0.975. The number of amides is 1. The van der Waals surface area contributed by atoms with Crippen molar-refractivity contribution in [1.82, 2.24) is 5.32 Å². The van der Waals surface area contributed by atoms with Gasteiger partial charge in [-0.25, -0.2) is 0 Å². The summed E-state index contributed by atoms with van der Waals surface area (Å²) >= 11 is 3.45. The van der Waals surface area contributed by atoms with E-state index in [0.29, 0.717) is 0 Å². The van der Waals surface area contributed by atoms with Crippen molar-refractivity contribution < 1.29 is 4.79 Å². The minimum atomic E-state index is -0.112. The van der Waals surface area contributed by atoms with E-state index in [-0.39, 0.29) is 18.0 Å². The third-order valence-electron chi connectivity index (χ3n) is 3.15. The molecule has 1 aliphatic rings. The van der Waals surface area contributed by atoms with Gasteiger partial charge in [0.15, 0.2) is 0 Å². The normalized spacial score (nSPS) is 25.8. The van der Waals surface area contributed by atoms with Gasteiger partial charge in [0.1, 0.15) is 0 Å². The molecule has 0 saturated carbocycles. The number of anilines is 1. The summed E-state index contributed by atoms with van der Waals surface area (Å²) in [6, 6.07) is 8.03. The molecule has 92 valence electrons. The number of nitrogens with one attached hydrogen (secondary N) is 1. The molecule has 1 N–H and O–H groups in total. The van der Waals surface area contributed by atoms with Gasteiger partial charge in [-0.1, -0.05) is 22.0 Å². The fourth-order valence-electron chi connectivity index (χ4n) is 2.16. The van der Waals surface area contributed by atoms with E-state index in [4.69, 9.17) is 0 Å². The average Bonchev–Trinajstić information content (AvgIpc) is 2.40. The summed E-state index contributed by atoms with van der Waals surface area (Å²) in [5, 5.41) is 3.24. The van der Waals surface area contributed by atoms with Crippen LogP contribution in [-0.4, -0.2) is 24.5 Å². The van der Waals surface area contributed by atoms with E-state index >= 15 is 0 Å². The molecule has 0 spiro atoms. The van der Waals surface area contributed by atoms with Crippen molar-refractivity contribution in [3.8, 4) is 0 Å². The Morgan fingerprint density at radius 3 is 2.88 bits per heavy atom. The third-order valence-corrected chi connectivity index (χ3v) is 3.64. The van der Waals surface area contributed by atoms with Gasteiger partial charge in [-0.05, 0) is 45.0 Å². The Kier molecular flexibility index (Phi) is 3.84. The maximum Gasteiger partial charge on any atom is 0.244 e. The molecule has 0 aromatic heterocycles. The molecule has 2 rings (SSSR count). The lowest BCUT2D eigenvalue weighted by Gasteiger charge is -2.28. The van der Waals surface area contributed by atoms with Crippen molar-refractivity contribution >= 4 is 27.5 Å². The number of carbonyl (C=O) groups is 1. The van der Waals surface area contributed by atoms with Crippen LogP contribution in [0.25, 0.3) is 0 Å². The molecule has 1 fully saturated rings. The van der Waals surface area contributed by atoms with Gasteiger partial charge >= 0.3 is 0 Å². The number of carbonyl (C=O) groups excluding carboxylic acids is 1. The highest BCUT2D eigenvalue weighted by Gasteiger charge is 2.28. The second-order valence-corrected chi connectivity index (χ2v) is 5.42. The van der Waals surface area contributed by atoms with Crippen LogP contribution >= 0.6 is 15.9 Å². The number of rotatable bonds is 1. The first-order valence-corrected chi connectivity index (χ1v) is 6.71. The minimum absolute atomic E-state index is 0.112. The molecule has 1 saturated heterocycles. The molecule has 1 amide bonds. The third kappa shape index (κ3) is 2.69. The maximum absolute atomic E-state index is 12.3. The van der Waals surface area contributed by atoms with Crippen molar-refractivity contribution in [2.45, 2.75) is 32.4 Å². The molecule has 2 unspecified atom stereocenters. The molecular weight excluding hydrogens is 280 g/mol. The van der Waals surface area contributed by atoms with Crippen molar-refractivity contribution in [2.24, 2.45) is 0 Å². The molecule has 1 aromatic carbocycles. The molecule has 4 heteroatoms. The molecule has 1 aromatic rings. The predicted octanol–water partition coefficient (Wildman–Crippen LogP) is 2.55. The summed E-state index contributed by atoms with van der Waals surface area (Å²) < 4.78 is 1.000. The molecule has 0 aliphatic carbocycles. The Bertz CT molecular complexity index is 422. The summed E-state index contributed by atoms with van der Waals surface area (Å²) in [5.41, 5.74) is 0.965. The number of hydrogen-bond donors (Lipinski definition) is 1. The second-order valence-electron chi connectivity index (χ2n) is 4.50. The summed E-state index contributed by atoms with van der Waals surface area (Å²) in [5.74, 6) is 0.146. The van der Waals surface area contributed by atoms with Crippen molar-refractivity contribution in [3.05, 3.63) is 28.7 Å². The van der Waals surface area contributed by atoms with E-state index in [0.717, 1.165) is 23.1 Å². The minimum Gasteiger partial charge on any atom is -0.308 e. The first-order chi connectivity index (χ1) is 8.09. The number of nitrogens with zero attached hydrogens (tertiary/aromatic N) is 1. The van der Waals surface area contributed by atoms with Crippen LogP contribution in [0.5, 0.6) is 0 Å². The van der Waals surface area contributed by atoms with Gasteiger partial charge in [-0.15, -0.1) is 0 Å².